The van der Waals surface area contributed by atoms with Crippen LogP contribution in [0.3, 0.4) is 0 Å². The smallest absolute Gasteiger partial charge is 0.283 e. The Hall–Kier alpha value is -1.79. The van der Waals surface area contributed by atoms with Gasteiger partial charge in [0.25, 0.3) is 5.69 Å². The normalized spacial score (nSPS) is 12.1. The van der Waals surface area contributed by atoms with E-state index in [0.29, 0.717) is 16.6 Å². The first-order valence-corrected chi connectivity index (χ1v) is 7.19. The van der Waals surface area contributed by atoms with Crippen LogP contribution in [-0.4, -0.2) is 4.92 Å². The molecule has 0 aliphatic heterocycles. The summed E-state index contributed by atoms with van der Waals surface area (Å²) in [5.74, 6) is -0.265. The number of nitro groups is 1. The second-order valence-corrected chi connectivity index (χ2v) is 5.52. The van der Waals surface area contributed by atoms with Gasteiger partial charge in [0.1, 0.15) is 5.82 Å². The fraction of sp³-hybridized carbons (Fsp3) is 0.200. The van der Waals surface area contributed by atoms with Gasteiger partial charge in [0, 0.05) is 24.2 Å². The molecule has 0 amide bonds. The van der Waals surface area contributed by atoms with Crippen LogP contribution >= 0.6 is 15.9 Å². The van der Waals surface area contributed by atoms with Crippen LogP contribution < -0.4 is 5.32 Å². The van der Waals surface area contributed by atoms with Gasteiger partial charge >= 0.3 is 0 Å². The minimum Gasteiger partial charge on any atom is -0.306 e. The highest BCUT2D eigenvalue weighted by Crippen LogP contribution is 2.26. The zero-order valence-corrected chi connectivity index (χ0v) is 12.9. The lowest BCUT2D eigenvalue weighted by Gasteiger charge is -2.15. The molecule has 2 aromatic rings. The van der Waals surface area contributed by atoms with Crippen molar-refractivity contribution in [2.24, 2.45) is 0 Å². The Balaban J connectivity index is 2.08. The third kappa shape index (κ3) is 3.86. The lowest BCUT2D eigenvalue weighted by Crippen LogP contribution is -2.19. The molecule has 0 aromatic heterocycles. The Bertz CT molecular complexity index is 664. The van der Waals surface area contributed by atoms with Gasteiger partial charge in [-0.3, -0.25) is 10.1 Å². The van der Waals surface area contributed by atoms with E-state index >= 15 is 0 Å². The summed E-state index contributed by atoms with van der Waals surface area (Å²) in [5, 5.41) is 14.0. The second-order valence-electron chi connectivity index (χ2n) is 4.67. The molecule has 0 bridgehead atoms. The van der Waals surface area contributed by atoms with Gasteiger partial charge < -0.3 is 5.32 Å². The number of nitrogens with one attached hydrogen (secondary N) is 1. The summed E-state index contributed by atoms with van der Waals surface area (Å²) in [4.78, 5) is 10.4. The SMILES string of the molecule is CC(NCc1ccc(Br)c([N+](=O)[O-])c1)c1ccccc1F. The molecule has 0 heterocycles. The van der Waals surface area contributed by atoms with Gasteiger partial charge in [-0.15, -0.1) is 0 Å². The number of hydrogen-bond acceptors (Lipinski definition) is 3. The third-order valence-electron chi connectivity index (χ3n) is 3.19. The van der Waals surface area contributed by atoms with E-state index in [4.69, 9.17) is 0 Å². The minimum atomic E-state index is -0.437. The van der Waals surface area contributed by atoms with Crippen LogP contribution in [0.25, 0.3) is 0 Å². The van der Waals surface area contributed by atoms with Gasteiger partial charge in [0.05, 0.1) is 9.40 Å². The first-order chi connectivity index (χ1) is 9.99. The zero-order chi connectivity index (χ0) is 15.4. The predicted molar refractivity (Wildman–Crippen MR) is 82.5 cm³/mol. The number of nitro benzene ring substituents is 1. The van der Waals surface area contributed by atoms with Gasteiger partial charge in [-0.1, -0.05) is 24.3 Å². The van der Waals surface area contributed by atoms with Crippen molar-refractivity contribution < 1.29 is 9.31 Å². The Morgan fingerprint density at radius 3 is 2.71 bits per heavy atom. The van der Waals surface area contributed by atoms with Gasteiger partial charge in [-0.25, -0.2) is 4.39 Å². The van der Waals surface area contributed by atoms with E-state index in [1.165, 1.54) is 12.1 Å². The molecule has 0 saturated carbocycles. The molecule has 4 nitrogen and oxygen atoms in total. The molecule has 2 aromatic carbocycles. The van der Waals surface area contributed by atoms with Crippen molar-refractivity contribution in [1.82, 2.24) is 5.32 Å². The van der Waals surface area contributed by atoms with Crippen LogP contribution in [0.1, 0.15) is 24.1 Å². The Labute approximate surface area is 130 Å². The summed E-state index contributed by atoms with van der Waals surface area (Å²) in [6.07, 6.45) is 0. The summed E-state index contributed by atoms with van der Waals surface area (Å²) in [5.41, 5.74) is 1.37. The molecule has 1 atom stereocenters. The molecule has 0 aliphatic rings. The van der Waals surface area contributed by atoms with E-state index in [-0.39, 0.29) is 17.5 Å². The molecule has 1 unspecified atom stereocenters. The van der Waals surface area contributed by atoms with E-state index in [0.717, 1.165) is 5.56 Å². The summed E-state index contributed by atoms with van der Waals surface area (Å²) in [6.45, 7) is 2.27. The van der Waals surface area contributed by atoms with E-state index in [2.05, 4.69) is 21.2 Å². The van der Waals surface area contributed by atoms with Gasteiger partial charge in [0.15, 0.2) is 0 Å². The van der Waals surface area contributed by atoms with Crippen LogP contribution in [0.4, 0.5) is 10.1 Å². The van der Waals surface area contributed by atoms with Crippen LogP contribution in [0.15, 0.2) is 46.9 Å². The van der Waals surface area contributed by atoms with Gasteiger partial charge in [-0.05, 0) is 40.5 Å². The Morgan fingerprint density at radius 2 is 2.05 bits per heavy atom. The monoisotopic (exact) mass is 352 g/mol. The Kier molecular flexibility index (Phi) is 5.03. The molecule has 0 saturated heterocycles. The molecule has 0 fully saturated rings. The van der Waals surface area contributed by atoms with Crippen LogP contribution in [0, 0.1) is 15.9 Å². The average Bonchev–Trinajstić information content (AvgIpc) is 2.46. The van der Waals surface area contributed by atoms with Crippen molar-refractivity contribution in [3.8, 4) is 0 Å². The average molecular weight is 353 g/mol. The van der Waals surface area contributed by atoms with E-state index in [9.17, 15) is 14.5 Å². The fourth-order valence-electron chi connectivity index (χ4n) is 2.02. The van der Waals surface area contributed by atoms with Crippen LogP contribution in [0.5, 0.6) is 0 Å². The minimum absolute atomic E-state index is 0.0212. The lowest BCUT2D eigenvalue weighted by molar-refractivity contribution is -0.385. The van der Waals surface area contributed by atoms with Crippen molar-refractivity contribution in [3.05, 3.63) is 74.0 Å². The van der Waals surface area contributed by atoms with E-state index < -0.39 is 4.92 Å². The molecule has 2 rings (SSSR count). The number of benzene rings is 2. The van der Waals surface area contributed by atoms with Crippen molar-refractivity contribution in [3.63, 3.8) is 0 Å². The number of hydrogen-bond donors (Lipinski definition) is 1. The summed E-state index contributed by atoms with van der Waals surface area (Å²) in [6, 6.07) is 11.3. The number of halogens is 2. The van der Waals surface area contributed by atoms with Crippen molar-refractivity contribution in [2.45, 2.75) is 19.5 Å². The van der Waals surface area contributed by atoms with E-state index in [1.807, 2.05) is 6.92 Å². The van der Waals surface area contributed by atoms with Crippen LogP contribution in [-0.2, 0) is 6.54 Å². The molecule has 1 N–H and O–H groups in total. The zero-order valence-electron chi connectivity index (χ0n) is 11.3. The maximum Gasteiger partial charge on any atom is 0.283 e. The molecular formula is C15H14BrFN2O2. The van der Waals surface area contributed by atoms with Crippen molar-refractivity contribution in [2.75, 3.05) is 0 Å². The highest BCUT2D eigenvalue weighted by atomic mass is 79.9. The van der Waals surface area contributed by atoms with Crippen molar-refractivity contribution in [1.29, 1.82) is 0 Å². The summed E-state index contributed by atoms with van der Waals surface area (Å²) in [7, 11) is 0. The second kappa shape index (κ2) is 6.78. The third-order valence-corrected chi connectivity index (χ3v) is 3.86. The van der Waals surface area contributed by atoms with Gasteiger partial charge in [-0.2, -0.15) is 0 Å². The molecule has 110 valence electrons. The first-order valence-electron chi connectivity index (χ1n) is 6.39. The maximum atomic E-state index is 13.7. The lowest BCUT2D eigenvalue weighted by atomic mass is 10.1. The maximum absolute atomic E-state index is 13.7. The highest BCUT2D eigenvalue weighted by molar-refractivity contribution is 9.10. The fourth-order valence-corrected chi connectivity index (χ4v) is 2.41. The Morgan fingerprint density at radius 1 is 1.33 bits per heavy atom. The quantitative estimate of drug-likeness (QED) is 0.642. The van der Waals surface area contributed by atoms with Crippen LogP contribution in [0.2, 0.25) is 0 Å². The molecular weight excluding hydrogens is 339 g/mol. The van der Waals surface area contributed by atoms with Crippen molar-refractivity contribution >= 4 is 21.6 Å². The molecule has 0 aliphatic carbocycles. The first kappa shape index (κ1) is 15.6. The summed E-state index contributed by atoms with van der Waals surface area (Å²) >= 11 is 3.15. The number of nitrogens with zero attached hydrogens (tertiary/aromatic N) is 1. The predicted octanol–water partition coefficient (Wildman–Crippen LogP) is 4.35. The standard InChI is InChI=1S/C15H14BrFN2O2/c1-10(12-4-2-3-5-14(12)17)18-9-11-6-7-13(16)15(8-11)19(20)21/h2-8,10,18H,9H2,1H3. The van der Waals surface area contributed by atoms with E-state index in [1.54, 1.807) is 30.3 Å². The molecule has 0 spiro atoms. The topological polar surface area (TPSA) is 55.2 Å². The highest BCUT2D eigenvalue weighted by Gasteiger charge is 2.14. The van der Waals surface area contributed by atoms with Gasteiger partial charge in [0.2, 0.25) is 0 Å². The molecule has 6 heteroatoms. The summed E-state index contributed by atoms with van der Waals surface area (Å²) < 4.78 is 14.1. The molecule has 0 radical (unpaired) electrons. The molecule has 21 heavy (non-hydrogen) atoms. The number of rotatable bonds is 5. The largest absolute Gasteiger partial charge is 0.306 e.